The maximum Gasteiger partial charge on any atom is 0.146 e. The Kier molecular flexibility index (Phi) is 5.28. The average molecular weight is 306 g/mol. The topological polar surface area (TPSA) is 21.8 Å². The highest BCUT2D eigenvalue weighted by molar-refractivity contribution is 5.50. The number of anilines is 1. The van der Waals surface area contributed by atoms with Gasteiger partial charge in [0.15, 0.2) is 0 Å². The van der Waals surface area contributed by atoms with Crippen LogP contribution in [0.5, 0.6) is 0 Å². The fraction of sp³-hybridized carbons (Fsp3) is 0.647. The van der Waals surface area contributed by atoms with Crippen LogP contribution < -0.4 is 10.3 Å². The largest absolute Gasteiger partial charge is 0.369 e. The number of piperazine rings is 1. The van der Waals surface area contributed by atoms with Crippen molar-refractivity contribution in [1.29, 1.82) is 0 Å². The van der Waals surface area contributed by atoms with E-state index >= 15 is 0 Å². The van der Waals surface area contributed by atoms with Crippen molar-refractivity contribution >= 4 is 5.69 Å². The predicted octanol–water partition coefficient (Wildman–Crippen LogP) is 2.07. The van der Waals surface area contributed by atoms with Crippen molar-refractivity contribution in [2.45, 2.75) is 25.8 Å². The van der Waals surface area contributed by atoms with Gasteiger partial charge in [-0.2, -0.15) is 0 Å². The van der Waals surface area contributed by atoms with Gasteiger partial charge in [-0.15, -0.1) is 0 Å². The number of halogens is 1. The summed E-state index contributed by atoms with van der Waals surface area (Å²) in [4.78, 5) is 4.53. The van der Waals surface area contributed by atoms with Gasteiger partial charge in [0.1, 0.15) is 5.82 Å². The first-order chi connectivity index (χ1) is 10.7. The van der Waals surface area contributed by atoms with Gasteiger partial charge >= 0.3 is 0 Å². The molecule has 0 saturated carbocycles. The zero-order chi connectivity index (χ0) is 15.4. The van der Waals surface area contributed by atoms with Gasteiger partial charge in [0.05, 0.1) is 5.69 Å². The zero-order valence-corrected chi connectivity index (χ0v) is 13.5. The van der Waals surface area contributed by atoms with Crippen LogP contribution in [-0.2, 0) is 6.54 Å². The Bertz CT molecular complexity index is 480. The number of likely N-dealkylation sites (N-methyl/N-ethyl adjacent to an activating group) is 1. The van der Waals surface area contributed by atoms with Crippen molar-refractivity contribution in [2.75, 3.05) is 51.2 Å². The van der Waals surface area contributed by atoms with Gasteiger partial charge in [0.25, 0.3) is 0 Å². The number of piperidine rings is 1. The lowest BCUT2D eigenvalue weighted by Gasteiger charge is -2.33. The maximum atomic E-state index is 14.1. The molecule has 1 aromatic rings. The van der Waals surface area contributed by atoms with E-state index in [1.54, 1.807) is 6.07 Å². The molecule has 0 aliphatic carbocycles. The molecule has 4 nitrogen and oxygen atoms in total. The minimum Gasteiger partial charge on any atom is -0.369 e. The van der Waals surface area contributed by atoms with E-state index < -0.39 is 0 Å². The second-order valence-electron chi connectivity index (χ2n) is 6.46. The molecule has 0 bridgehead atoms. The smallest absolute Gasteiger partial charge is 0.146 e. The second-order valence-corrected chi connectivity index (χ2v) is 6.46. The summed E-state index contributed by atoms with van der Waals surface area (Å²) in [5, 5.41) is 2.27. The third-order valence-electron chi connectivity index (χ3n) is 4.72. The average Bonchev–Trinajstić information content (AvgIpc) is 2.56. The number of benzene rings is 1. The normalized spacial score (nSPS) is 21.3. The molecule has 2 fully saturated rings. The summed E-state index contributed by atoms with van der Waals surface area (Å²) in [6, 6.07) is 5.53. The quantitative estimate of drug-likeness (QED) is 0.919. The molecule has 0 spiro atoms. The standard InChI is InChI=1S/C17H27FN4/c1-20-9-11-22(12-10-20)19-14-15-5-6-16(18)17(13-15)21-7-3-2-4-8-21/h5-6,13,19H,2-4,7-12,14H2,1H3. The molecule has 22 heavy (non-hydrogen) atoms. The molecule has 2 aliphatic heterocycles. The van der Waals surface area contributed by atoms with E-state index in [1.165, 1.54) is 19.3 Å². The van der Waals surface area contributed by atoms with E-state index in [2.05, 4.69) is 27.3 Å². The highest BCUT2D eigenvalue weighted by Gasteiger charge is 2.16. The molecular formula is C17H27FN4. The summed E-state index contributed by atoms with van der Waals surface area (Å²) in [6.07, 6.45) is 3.61. The lowest BCUT2D eigenvalue weighted by Crippen LogP contribution is -2.50. The van der Waals surface area contributed by atoms with E-state index in [0.29, 0.717) is 0 Å². The Balaban J connectivity index is 1.59. The lowest BCUT2D eigenvalue weighted by atomic mass is 10.1. The van der Waals surface area contributed by atoms with Crippen molar-refractivity contribution in [1.82, 2.24) is 15.3 Å². The first kappa shape index (κ1) is 15.7. The van der Waals surface area contributed by atoms with Crippen LogP contribution in [-0.4, -0.2) is 56.2 Å². The number of hydrogen-bond donors (Lipinski definition) is 1. The monoisotopic (exact) mass is 306 g/mol. The summed E-state index contributed by atoms with van der Waals surface area (Å²) < 4.78 is 14.1. The predicted molar refractivity (Wildman–Crippen MR) is 88.4 cm³/mol. The van der Waals surface area contributed by atoms with E-state index in [4.69, 9.17) is 0 Å². The number of hydrazine groups is 1. The van der Waals surface area contributed by atoms with Crippen LogP contribution in [0.25, 0.3) is 0 Å². The number of nitrogens with one attached hydrogen (secondary N) is 1. The SMILES string of the molecule is CN1CCN(NCc2ccc(F)c(N3CCCCC3)c2)CC1. The first-order valence-electron chi connectivity index (χ1n) is 8.43. The summed E-state index contributed by atoms with van der Waals surface area (Å²) in [5.74, 6) is -0.0924. The highest BCUT2D eigenvalue weighted by Crippen LogP contribution is 2.24. The molecule has 0 aromatic heterocycles. The lowest BCUT2D eigenvalue weighted by molar-refractivity contribution is 0.102. The molecule has 0 radical (unpaired) electrons. The van der Waals surface area contributed by atoms with E-state index in [-0.39, 0.29) is 5.82 Å². The Labute approximate surface area is 132 Å². The van der Waals surface area contributed by atoms with E-state index in [1.807, 2.05) is 12.1 Å². The van der Waals surface area contributed by atoms with Crippen LogP contribution in [0.1, 0.15) is 24.8 Å². The van der Waals surface area contributed by atoms with Crippen LogP contribution in [0.2, 0.25) is 0 Å². The Morgan fingerprint density at radius 3 is 2.45 bits per heavy atom. The molecule has 1 aromatic carbocycles. The highest BCUT2D eigenvalue weighted by atomic mass is 19.1. The maximum absolute atomic E-state index is 14.1. The third kappa shape index (κ3) is 3.97. The van der Waals surface area contributed by atoms with Gasteiger partial charge in [-0.1, -0.05) is 6.07 Å². The van der Waals surface area contributed by atoms with Crippen LogP contribution in [0.4, 0.5) is 10.1 Å². The Morgan fingerprint density at radius 2 is 1.73 bits per heavy atom. The van der Waals surface area contributed by atoms with Crippen molar-refractivity contribution in [3.63, 3.8) is 0 Å². The first-order valence-corrected chi connectivity index (χ1v) is 8.43. The summed E-state index contributed by atoms with van der Waals surface area (Å²) in [6.45, 7) is 6.99. The molecular weight excluding hydrogens is 279 g/mol. The Hall–Kier alpha value is -1.17. The minimum absolute atomic E-state index is 0.0924. The van der Waals surface area contributed by atoms with Gasteiger partial charge in [-0.3, -0.25) is 5.43 Å². The van der Waals surface area contributed by atoms with Crippen molar-refractivity contribution in [3.8, 4) is 0 Å². The second kappa shape index (κ2) is 7.40. The van der Waals surface area contributed by atoms with Crippen LogP contribution in [0, 0.1) is 5.82 Å². The van der Waals surface area contributed by atoms with Crippen molar-refractivity contribution < 1.29 is 4.39 Å². The van der Waals surface area contributed by atoms with Crippen molar-refractivity contribution in [3.05, 3.63) is 29.6 Å². The molecule has 1 N–H and O–H groups in total. The van der Waals surface area contributed by atoms with Gasteiger partial charge in [-0.05, 0) is 44.0 Å². The zero-order valence-electron chi connectivity index (χ0n) is 13.5. The molecule has 3 rings (SSSR count). The third-order valence-corrected chi connectivity index (χ3v) is 4.72. The fourth-order valence-electron chi connectivity index (χ4n) is 3.21. The molecule has 0 unspecified atom stereocenters. The van der Waals surface area contributed by atoms with E-state index in [0.717, 1.165) is 57.1 Å². The number of nitrogens with zero attached hydrogens (tertiary/aromatic N) is 3. The Morgan fingerprint density at radius 1 is 1.00 bits per heavy atom. The van der Waals surface area contributed by atoms with Gasteiger partial charge in [0, 0.05) is 45.8 Å². The van der Waals surface area contributed by atoms with Crippen LogP contribution in [0.15, 0.2) is 18.2 Å². The molecule has 122 valence electrons. The fourth-order valence-corrected chi connectivity index (χ4v) is 3.21. The van der Waals surface area contributed by atoms with Gasteiger partial charge in [0.2, 0.25) is 0 Å². The van der Waals surface area contributed by atoms with E-state index in [9.17, 15) is 4.39 Å². The van der Waals surface area contributed by atoms with Crippen LogP contribution in [0.3, 0.4) is 0 Å². The molecule has 0 amide bonds. The van der Waals surface area contributed by atoms with Gasteiger partial charge < -0.3 is 9.80 Å². The summed E-state index contributed by atoms with van der Waals surface area (Å²) in [5.41, 5.74) is 5.40. The number of rotatable bonds is 4. The molecule has 2 heterocycles. The molecule has 2 saturated heterocycles. The molecule has 2 aliphatic rings. The molecule has 5 heteroatoms. The molecule has 0 atom stereocenters. The number of hydrogen-bond acceptors (Lipinski definition) is 4. The van der Waals surface area contributed by atoms with Gasteiger partial charge in [-0.25, -0.2) is 9.40 Å². The summed E-state index contributed by atoms with van der Waals surface area (Å²) in [7, 11) is 2.15. The summed E-state index contributed by atoms with van der Waals surface area (Å²) >= 11 is 0. The van der Waals surface area contributed by atoms with Crippen LogP contribution >= 0.6 is 0 Å². The van der Waals surface area contributed by atoms with Crippen molar-refractivity contribution in [2.24, 2.45) is 0 Å². The minimum atomic E-state index is -0.0924.